The van der Waals surface area contributed by atoms with Crippen LogP contribution in [-0.4, -0.2) is 29.3 Å². The van der Waals surface area contributed by atoms with E-state index in [9.17, 15) is 13.6 Å². The van der Waals surface area contributed by atoms with E-state index < -0.39 is 11.6 Å². The number of piperidine rings is 1. The molecule has 5 rings (SSSR count). The normalized spacial score (nSPS) is 15.2. The van der Waals surface area contributed by atoms with Gasteiger partial charge in [-0.1, -0.05) is 12.1 Å². The van der Waals surface area contributed by atoms with Gasteiger partial charge in [-0.2, -0.15) is 0 Å². The molecule has 0 saturated carbocycles. The van der Waals surface area contributed by atoms with Crippen LogP contribution >= 0.6 is 0 Å². The number of carbonyl (C=O) groups excluding carboxylic acids is 1. The second kappa shape index (κ2) is 7.52. The predicted octanol–water partition coefficient (Wildman–Crippen LogP) is 5.47. The van der Waals surface area contributed by atoms with Crippen molar-refractivity contribution in [3.8, 4) is 11.1 Å². The van der Waals surface area contributed by atoms with Gasteiger partial charge < -0.3 is 14.7 Å². The molecule has 6 heteroatoms. The Morgan fingerprint density at radius 3 is 2.50 bits per heavy atom. The Balaban J connectivity index is 1.47. The molecular weight excluding hydrogens is 384 g/mol. The topological polar surface area (TPSA) is 49.0 Å². The van der Waals surface area contributed by atoms with Crippen LogP contribution in [-0.2, 0) is 4.79 Å². The molecule has 2 aromatic carbocycles. The Labute approximate surface area is 172 Å². The van der Waals surface area contributed by atoms with Crippen molar-refractivity contribution in [1.82, 2.24) is 9.97 Å². The number of benzene rings is 2. The Morgan fingerprint density at radius 1 is 1.00 bits per heavy atom. The average Bonchev–Trinajstić information content (AvgIpc) is 3.12. The number of aldehydes is 1. The maximum Gasteiger partial charge on any atom is 0.150 e. The van der Waals surface area contributed by atoms with Crippen LogP contribution < -0.4 is 4.90 Å². The quantitative estimate of drug-likeness (QED) is 0.458. The van der Waals surface area contributed by atoms with Gasteiger partial charge in [-0.25, -0.2) is 8.78 Å². The first kappa shape index (κ1) is 18.7. The highest BCUT2D eigenvalue weighted by molar-refractivity contribution is 6.07. The van der Waals surface area contributed by atoms with Crippen molar-refractivity contribution < 1.29 is 13.6 Å². The Hall–Kier alpha value is -3.28. The first-order valence-electron chi connectivity index (χ1n) is 10.2. The van der Waals surface area contributed by atoms with Gasteiger partial charge in [0.15, 0.2) is 0 Å². The highest BCUT2D eigenvalue weighted by Crippen LogP contribution is 2.34. The van der Waals surface area contributed by atoms with Crippen LogP contribution in [0.3, 0.4) is 0 Å². The molecule has 0 spiro atoms. The lowest BCUT2D eigenvalue weighted by atomic mass is 9.93. The van der Waals surface area contributed by atoms with Crippen LogP contribution in [0.25, 0.3) is 32.9 Å². The Morgan fingerprint density at radius 2 is 1.77 bits per heavy atom. The molecule has 1 fully saturated rings. The summed E-state index contributed by atoms with van der Waals surface area (Å²) in [5, 5.41) is 2.04. The fourth-order valence-electron chi connectivity index (χ4n) is 4.49. The Kier molecular flexibility index (Phi) is 4.69. The summed E-state index contributed by atoms with van der Waals surface area (Å²) in [6, 6.07) is 10.5. The molecule has 1 aliphatic heterocycles. The van der Waals surface area contributed by atoms with Gasteiger partial charge in [-0.15, -0.1) is 0 Å². The molecule has 1 saturated heterocycles. The SMILES string of the molecule is O=CCC1CCN(c2c(F)cc(-c3ccc4c(c3)[nH]c3ccncc34)cc2F)CC1. The van der Waals surface area contributed by atoms with Gasteiger partial charge in [-0.3, -0.25) is 4.98 Å². The molecule has 4 aromatic rings. The molecule has 152 valence electrons. The van der Waals surface area contributed by atoms with Crippen molar-refractivity contribution >= 4 is 33.8 Å². The zero-order valence-corrected chi connectivity index (χ0v) is 16.4. The van der Waals surface area contributed by atoms with Crippen LogP contribution in [0, 0.1) is 17.6 Å². The van der Waals surface area contributed by atoms with Crippen LogP contribution in [0.2, 0.25) is 0 Å². The number of anilines is 1. The molecule has 0 bridgehead atoms. The molecule has 0 radical (unpaired) electrons. The number of aromatic amines is 1. The second-order valence-corrected chi connectivity index (χ2v) is 7.93. The minimum Gasteiger partial charge on any atom is -0.367 e. The van der Waals surface area contributed by atoms with Crippen LogP contribution in [0.15, 0.2) is 48.8 Å². The largest absolute Gasteiger partial charge is 0.367 e. The van der Waals surface area contributed by atoms with E-state index in [2.05, 4.69) is 9.97 Å². The van der Waals surface area contributed by atoms with Crippen LogP contribution in [0.1, 0.15) is 19.3 Å². The molecule has 0 aliphatic carbocycles. The number of carbonyl (C=O) groups is 1. The highest BCUT2D eigenvalue weighted by atomic mass is 19.1. The van der Waals surface area contributed by atoms with Gasteiger partial charge in [0.1, 0.15) is 23.6 Å². The van der Waals surface area contributed by atoms with E-state index in [1.165, 1.54) is 12.1 Å². The number of nitrogens with zero attached hydrogens (tertiary/aromatic N) is 2. The molecular formula is C24H21F2N3O. The van der Waals surface area contributed by atoms with E-state index in [1.807, 2.05) is 24.3 Å². The average molecular weight is 405 g/mol. The third-order valence-electron chi connectivity index (χ3n) is 6.11. The summed E-state index contributed by atoms with van der Waals surface area (Å²) in [5.74, 6) is -0.804. The molecule has 1 N–H and O–H groups in total. The lowest BCUT2D eigenvalue weighted by molar-refractivity contribution is -0.108. The third-order valence-corrected chi connectivity index (χ3v) is 6.11. The lowest BCUT2D eigenvalue weighted by Crippen LogP contribution is -2.35. The smallest absolute Gasteiger partial charge is 0.150 e. The fraction of sp³-hybridized carbons (Fsp3) is 0.250. The number of aromatic nitrogens is 2. The van der Waals surface area contributed by atoms with E-state index in [0.717, 1.165) is 46.5 Å². The zero-order chi connectivity index (χ0) is 20.7. The number of hydrogen-bond acceptors (Lipinski definition) is 3. The molecule has 1 aliphatic rings. The van der Waals surface area contributed by atoms with Gasteiger partial charge >= 0.3 is 0 Å². The van der Waals surface area contributed by atoms with Crippen molar-refractivity contribution in [1.29, 1.82) is 0 Å². The number of halogens is 2. The van der Waals surface area contributed by atoms with E-state index in [-0.39, 0.29) is 5.69 Å². The van der Waals surface area contributed by atoms with E-state index >= 15 is 0 Å². The summed E-state index contributed by atoms with van der Waals surface area (Å²) in [4.78, 5) is 20.0. The number of rotatable bonds is 4. The molecule has 3 heterocycles. The Bertz CT molecular complexity index is 1220. The fourth-order valence-corrected chi connectivity index (χ4v) is 4.49. The van der Waals surface area contributed by atoms with Crippen molar-refractivity contribution in [3.63, 3.8) is 0 Å². The monoisotopic (exact) mass is 405 g/mol. The molecule has 30 heavy (non-hydrogen) atoms. The summed E-state index contributed by atoms with van der Waals surface area (Å²) in [7, 11) is 0. The lowest BCUT2D eigenvalue weighted by Gasteiger charge is -2.33. The molecule has 0 amide bonds. The third kappa shape index (κ3) is 3.22. The summed E-state index contributed by atoms with van der Waals surface area (Å²) < 4.78 is 29.9. The molecule has 0 unspecified atom stereocenters. The minimum atomic E-state index is -0.556. The maximum atomic E-state index is 15.0. The standard InChI is InChI=1S/C24H21F2N3O/c25-20-11-17(12-21(26)24(20)29-8-4-15(5-9-29)6-10-30)16-1-2-18-19-14-27-7-3-22(19)28-23(18)13-16/h1-3,7,10-15,28H,4-6,8-9H2. The highest BCUT2D eigenvalue weighted by Gasteiger charge is 2.24. The van der Waals surface area contributed by atoms with Crippen molar-refractivity contribution in [2.75, 3.05) is 18.0 Å². The van der Waals surface area contributed by atoms with Crippen molar-refractivity contribution in [2.24, 2.45) is 5.92 Å². The second-order valence-electron chi connectivity index (χ2n) is 7.93. The predicted molar refractivity (Wildman–Crippen MR) is 115 cm³/mol. The van der Waals surface area contributed by atoms with Crippen LogP contribution in [0.4, 0.5) is 14.5 Å². The van der Waals surface area contributed by atoms with E-state index in [1.54, 1.807) is 17.3 Å². The van der Waals surface area contributed by atoms with Gasteiger partial charge in [0.05, 0.1) is 0 Å². The summed E-state index contributed by atoms with van der Waals surface area (Å²) >= 11 is 0. The van der Waals surface area contributed by atoms with Crippen LogP contribution in [0.5, 0.6) is 0 Å². The van der Waals surface area contributed by atoms with Gasteiger partial charge in [0, 0.05) is 53.7 Å². The van der Waals surface area contributed by atoms with Crippen molar-refractivity contribution in [3.05, 3.63) is 60.4 Å². The maximum absolute atomic E-state index is 15.0. The molecule has 0 atom stereocenters. The zero-order valence-electron chi connectivity index (χ0n) is 16.4. The summed E-state index contributed by atoms with van der Waals surface area (Å²) in [5.41, 5.74) is 3.15. The van der Waals surface area contributed by atoms with Gasteiger partial charge in [0.25, 0.3) is 0 Å². The summed E-state index contributed by atoms with van der Waals surface area (Å²) in [6.45, 7) is 1.11. The first-order valence-corrected chi connectivity index (χ1v) is 10.2. The number of nitrogens with one attached hydrogen (secondary N) is 1. The molecule has 4 nitrogen and oxygen atoms in total. The van der Waals surface area contributed by atoms with Gasteiger partial charge in [-0.05, 0) is 54.2 Å². The first-order chi connectivity index (χ1) is 14.6. The van der Waals surface area contributed by atoms with Gasteiger partial charge in [0.2, 0.25) is 0 Å². The number of pyridine rings is 1. The number of fused-ring (bicyclic) bond motifs is 3. The molecule has 2 aromatic heterocycles. The van der Waals surface area contributed by atoms with E-state index in [4.69, 9.17) is 0 Å². The number of H-pyrrole nitrogens is 1. The van der Waals surface area contributed by atoms with Crippen molar-refractivity contribution in [2.45, 2.75) is 19.3 Å². The minimum absolute atomic E-state index is 0.0288. The number of hydrogen-bond donors (Lipinski definition) is 1. The van der Waals surface area contributed by atoms with E-state index in [0.29, 0.717) is 31.0 Å². The summed E-state index contributed by atoms with van der Waals surface area (Å²) in [6.07, 6.45) is 6.52.